The van der Waals surface area contributed by atoms with Crippen molar-refractivity contribution in [2.75, 3.05) is 25.9 Å². The fourth-order valence-electron chi connectivity index (χ4n) is 1.33. The van der Waals surface area contributed by atoms with Crippen molar-refractivity contribution in [1.29, 1.82) is 0 Å². The smallest absolute Gasteiger partial charge is 0.307 e. The highest BCUT2D eigenvalue weighted by molar-refractivity contribution is 7.89. The highest BCUT2D eigenvalue weighted by atomic mass is 32.2. The van der Waals surface area contributed by atoms with E-state index in [-0.39, 0.29) is 30.3 Å². The minimum absolute atomic E-state index is 0.00592. The lowest BCUT2D eigenvalue weighted by Gasteiger charge is -2.16. The van der Waals surface area contributed by atoms with Gasteiger partial charge in [0.25, 0.3) is 0 Å². The molecule has 0 spiro atoms. The van der Waals surface area contributed by atoms with Crippen molar-refractivity contribution in [3.63, 3.8) is 0 Å². The van der Waals surface area contributed by atoms with Crippen molar-refractivity contribution >= 4 is 21.8 Å². The first kappa shape index (κ1) is 15.4. The number of aromatic nitrogens is 1. The molecule has 2 N–H and O–H groups in total. The van der Waals surface area contributed by atoms with Gasteiger partial charge in [0.1, 0.15) is 10.7 Å². The van der Waals surface area contributed by atoms with Gasteiger partial charge in [-0.1, -0.05) is 0 Å². The third-order valence-corrected chi connectivity index (χ3v) is 4.24. The number of hydrogen-bond donors (Lipinski definition) is 1. The summed E-state index contributed by atoms with van der Waals surface area (Å²) in [6.45, 7) is 2.02. The van der Waals surface area contributed by atoms with E-state index in [0.29, 0.717) is 0 Å². The molecule has 0 aromatic carbocycles. The maximum Gasteiger partial charge on any atom is 0.307 e. The standard InChI is InChI=1S/C11H17N3O4S/c1-3-18-11(15)6-7-14(2)19(16,17)9-4-5-10(12)13-8-9/h4-5,8H,3,6-7H2,1-2H3,(H2,12,13). The van der Waals surface area contributed by atoms with Gasteiger partial charge < -0.3 is 10.5 Å². The number of esters is 1. The number of pyridine rings is 1. The van der Waals surface area contributed by atoms with E-state index < -0.39 is 16.0 Å². The van der Waals surface area contributed by atoms with Crippen LogP contribution in [-0.4, -0.2) is 43.9 Å². The van der Waals surface area contributed by atoms with E-state index in [9.17, 15) is 13.2 Å². The zero-order valence-corrected chi connectivity index (χ0v) is 11.7. The molecule has 8 heteroatoms. The summed E-state index contributed by atoms with van der Waals surface area (Å²) in [7, 11) is -2.27. The van der Waals surface area contributed by atoms with E-state index in [1.807, 2.05) is 0 Å². The first-order chi connectivity index (χ1) is 8.87. The zero-order valence-electron chi connectivity index (χ0n) is 10.9. The van der Waals surface area contributed by atoms with Crippen LogP contribution in [0.25, 0.3) is 0 Å². The van der Waals surface area contributed by atoms with Gasteiger partial charge in [-0.25, -0.2) is 17.7 Å². The van der Waals surface area contributed by atoms with Crippen LogP contribution in [0.15, 0.2) is 23.2 Å². The number of carbonyl (C=O) groups is 1. The lowest BCUT2D eigenvalue weighted by molar-refractivity contribution is -0.143. The minimum Gasteiger partial charge on any atom is -0.466 e. The number of anilines is 1. The number of nitrogen functional groups attached to an aromatic ring is 1. The molecule has 1 aromatic heterocycles. The Morgan fingerprint density at radius 2 is 2.16 bits per heavy atom. The van der Waals surface area contributed by atoms with Gasteiger partial charge in [-0.15, -0.1) is 0 Å². The van der Waals surface area contributed by atoms with Crippen LogP contribution in [0.5, 0.6) is 0 Å². The summed E-state index contributed by atoms with van der Waals surface area (Å²) in [5.41, 5.74) is 5.40. The molecule has 0 bridgehead atoms. The molecule has 0 aliphatic heterocycles. The zero-order chi connectivity index (χ0) is 14.5. The normalized spacial score (nSPS) is 11.5. The second-order valence-electron chi connectivity index (χ2n) is 3.80. The third kappa shape index (κ3) is 4.18. The average Bonchev–Trinajstić information content (AvgIpc) is 2.36. The second kappa shape index (κ2) is 6.48. The van der Waals surface area contributed by atoms with Crippen LogP contribution in [0.2, 0.25) is 0 Å². The summed E-state index contributed by atoms with van der Waals surface area (Å²) in [6, 6.07) is 2.78. The van der Waals surface area contributed by atoms with E-state index in [2.05, 4.69) is 4.98 Å². The number of hydrogen-bond acceptors (Lipinski definition) is 6. The highest BCUT2D eigenvalue weighted by Gasteiger charge is 2.21. The topological polar surface area (TPSA) is 103 Å². The Balaban J connectivity index is 2.72. The van der Waals surface area contributed by atoms with Crippen LogP contribution in [0.4, 0.5) is 5.82 Å². The summed E-state index contributed by atoms with van der Waals surface area (Å²) in [4.78, 5) is 15.0. The second-order valence-corrected chi connectivity index (χ2v) is 5.85. The number of nitrogens with zero attached hydrogens (tertiary/aromatic N) is 2. The largest absolute Gasteiger partial charge is 0.466 e. The predicted octanol–water partition coefficient (Wildman–Crippen LogP) is 0.238. The van der Waals surface area contributed by atoms with Crippen LogP contribution < -0.4 is 5.73 Å². The van der Waals surface area contributed by atoms with Crippen LogP contribution in [-0.2, 0) is 19.6 Å². The molecule has 0 atom stereocenters. The molecular formula is C11H17N3O4S. The first-order valence-corrected chi connectivity index (χ1v) is 7.15. The molecule has 1 aromatic rings. The fourth-order valence-corrected chi connectivity index (χ4v) is 2.44. The van der Waals surface area contributed by atoms with Crippen LogP contribution in [0.3, 0.4) is 0 Å². The molecule has 0 aliphatic carbocycles. The Hall–Kier alpha value is -1.67. The van der Waals surface area contributed by atoms with E-state index in [4.69, 9.17) is 10.5 Å². The van der Waals surface area contributed by atoms with Crippen molar-refractivity contribution < 1.29 is 17.9 Å². The monoisotopic (exact) mass is 287 g/mol. The number of ether oxygens (including phenoxy) is 1. The van der Waals surface area contributed by atoms with Crippen molar-refractivity contribution in [3.8, 4) is 0 Å². The van der Waals surface area contributed by atoms with Gasteiger partial charge in [0, 0.05) is 19.8 Å². The fraction of sp³-hybridized carbons (Fsp3) is 0.455. The first-order valence-electron chi connectivity index (χ1n) is 5.71. The van der Waals surface area contributed by atoms with Gasteiger partial charge in [-0.05, 0) is 19.1 Å². The molecule has 0 saturated carbocycles. The Morgan fingerprint density at radius 1 is 1.47 bits per heavy atom. The maximum atomic E-state index is 12.1. The molecule has 0 radical (unpaired) electrons. The number of nitrogens with two attached hydrogens (primary N) is 1. The SMILES string of the molecule is CCOC(=O)CCN(C)S(=O)(=O)c1ccc(N)nc1. The molecule has 0 amide bonds. The highest BCUT2D eigenvalue weighted by Crippen LogP contribution is 2.14. The molecule has 0 unspecified atom stereocenters. The molecule has 1 rings (SSSR count). The lowest BCUT2D eigenvalue weighted by Crippen LogP contribution is -2.29. The summed E-state index contributed by atoms with van der Waals surface area (Å²) < 4.78 is 30.0. The minimum atomic E-state index is -3.66. The molecule has 0 saturated heterocycles. The van der Waals surface area contributed by atoms with Crippen LogP contribution in [0.1, 0.15) is 13.3 Å². The maximum absolute atomic E-state index is 12.1. The number of carbonyl (C=O) groups excluding carboxylic acids is 1. The predicted molar refractivity (Wildman–Crippen MR) is 69.7 cm³/mol. The number of sulfonamides is 1. The van der Waals surface area contributed by atoms with Gasteiger partial charge in [0.05, 0.1) is 13.0 Å². The van der Waals surface area contributed by atoms with E-state index in [0.717, 1.165) is 4.31 Å². The van der Waals surface area contributed by atoms with E-state index in [1.165, 1.54) is 25.4 Å². The van der Waals surface area contributed by atoms with Crippen molar-refractivity contribution in [1.82, 2.24) is 9.29 Å². The molecule has 7 nitrogen and oxygen atoms in total. The molecule has 106 valence electrons. The Labute approximate surface area is 112 Å². The Bertz CT molecular complexity index is 527. The number of rotatable bonds is 6. The average molecular weight is 287 g/mol. The Morgan fingerprint density at radius 3 is 2.68 bits per heavy atom. The van der Waals surface area contributed by atoms with Gasteiger partial charge in [-0.3, -0.25) is 4.79 Å². The third-order valence-electron chi connectivity index (χ3n) is 2.40. The van der Waals surface area contributed by atoms with Gasteiger partial charge in [0.2, 0.25) is 10.0 Å². The quantitative estimate of drug-likeness (QED) is 0.752. The van der Waals surface area contributed by atoms with Crippen molar-refractivity contribution in [2.24, 2.45) is 0 Å². The molecular weight excluding hydrogens is 270 g/mol. The summed E-state index contributed by atoms with van der Waals surface area (Å²) >= 11 is 0. The molecule has 19 heavy (non-hydrogen) atoms. The van der Waals surface area contributed by atoms with Crippen molar-refractivity contribution in [3.05, 3.63) is 18.3 Å². The van der Waals surface area contributed by atoms with Crippen LogP contribution >= 0.6 is 0 Å². The lowest BCUT2D eigenvalue weighted by atomic mass is 10.4. The van der Waals surface area contributed by atoms with E-state index >= 15 is 0 Å². The van der Waals surface area contributed by atoms with Crippen LogP contribution in [0, 0.1) is 0 Å². The summed E-state index contributed by atoms with van der Waals surface area (Å²) in [5.74, 6) is -0.187. The molecule has 0 fully saturated rings. The Kier molecular flexibility index (Phi) is 5.25. The van der Waals surface area contributed by atoms with E-state index in [1.54, 1.807) is 6.92 Å². The van der Waals surface area contributed by atoms with Gasteiger partial charge in [0.15, 0.2) is 0 Å². The summed E-state index contributed by atoms with van der Waals surface area (Å²) in [6.07, 6.45) is 1.19. The molecule has 0 aliphatic rings. The molecule has 1 heterocycles. The van der Waals surface area contributed by atoms with Gasteiger partial charge >= 0.3 is 5.97 Å². The van der Waals surface area contributed by atoms with Gasteiger partial charge in [-0.2, -0.15) is 0 Å². The summed E-state index contributed by atoms with van der Waals surface area (Å²) in [5, 5.41) is 0. The van der Waals surface area contributed by atoms with Crippen molar-refractivity contribution in [2.45, 2.75) is 18.2 Å².